The first kappa shape index (κ1) is 13.6. The van der Waals surface area contributed by atoms with Crippen LogP contribution in [0.5, 0.6) is 0 Å². The Balaban J connectivity index is 1.77. The lowest BCUT2D eigenvalue weighted by Crippen LogP contribution is -2.23. The molecule has 0 saturated carbocycles. The van der Waals surface area contributed by atoms with E-state index in [1.165, 1.54) is 11.3 Å². The Morgan fingerprint density at radius 3 is 2.95 bits per heavy atom. The molecule has 0 aliphatic rings. The van der Waals surface area contributed by atoms with Crippen LogP contribution in [0.1, 0.15) is 27.4 Å². The average Bonchev–Trinajstić information content (AvgIpc) is 2.97. The second kappa shape index (κ2) is 5.17. The highest BCUT2D eigenvalue weighted by molar-refractivity contribution is 7.22. The molecule has 2 aromatic heterocycles. The number of anilines is 1. The van der Waals surface area contributed by atoms with Gasteiger partial charge in [0, 0.05) is 17.7 Å². The van der Waals surface area contributed by atoms with Crippen LogP contribution in [0.15, 0.2) is 22.7 Å². The van der Waals surface area contributed by atoms with Gasteiger partial charge in [0.25, 0.3) is 5.91 Å². The fourth-order valence-corrected chi connectivity index (χ4v) is 2.88. The summed E-state index contributed by atoms with van der Waals surface area (Å²) in [6, 6.07) is 5.34. The van der Waals surface area contributed by atoms with Gasteiger partial charge in [0.1, 0.15) is 5.76 Å². The smallest absolute Gasteiger partial charge is 0.251 e. The second-order valence-corrected chi connectivity index (χ2v) is 5.78. The minimum absolute atomic E-state index is 0.149. The Hall–Kier alpha value is -2.41. The SMILES string of the molecule is Cc1noc(C)c1CNC(=O)c1ccc2nc(N)sc2c1. The molecule has 0 aliphatic heterocycles. The number of nitrogens with two attached hydrogens (primary N) is 1. The van der Waals surface area contributed by atoms with E-state index in [4.69, 9.17) is 10.3 Å². The van der Waals surface area contributed by atoms with E-state index in [1.54, 1.807) is 18.2 Å². The second-order valence-electron chi connectivity index (χ2n) is 4.72. The van der Waals surface area contributed by atoms with Crippen molar-refractivity contribution in [3.05, 3.63) is 40.8 Å². The van der Waals surface area contributed by atoms with Gasteiger partial charge in [0.05, 0.1) is 15.9 Å². The predicted octanol–water partition coefficient (Wildman–Crippen LogP) is 2.41. The number of nitrogen functional groups attached to an aromatic ring is 1. The summed E-state index contributed by atoms with van der Waals surface area (Å²) in [5, 5.41) is 7.23. The van der Waals surface area contributed by atoms with Crippen molar-refractivity contribution in [2.75, 3.05) is 5.73 Å². The number of benzene rings is 1. The van der Waals surface area contributed by atoms with Crippen molar-refractivity contribution in [1.29, 1.82) is 0 Å². The van der Waals surface area contributed by atoms with Gasteiger partial charge >= 0.3 is 0 Å². The molecule has 0 fully saturated rings. The number of carbonyl (C=O) groups excluding carboxylic acids is 1. The van der Waals surface area contributed by atoms with Gasteiger partial charge in [-0.3, -0.25) is 4.79 Å². The molecule has 7 heteroatoms. The number of hydrogen-bond acceptors (Lipinski definition) is 6. The zero-order chi connectivity index (χ0) is 15.0. The Bertz CT molecular complexity index is 802. The number of thiazole rings is 1. The van der Waals surface area contributed by atoms with Gasteiger partial charge in [-0.2, -0.15) is 0 Å². The van der Waals surface area contributed by atoms with Gasteiger partial charge in [0.2, 0.25) is 0 Å². The molecule has 0 bridgehead atoms. The maximum absolute atomic E-state index is 12.2. The monoisotopic (exact) mass is 302 g/mol. The van der Waals surface area contributed by atoms with Gasteiger partial charge in [-0.1, -0.05) is 16.5 Å². The van der Waals surface area contributed by atoms with Crippen LogP contribution in [-0.2, 0) is 6.54 Å². The van der Waals surface area contributed by atoms with Crippen molar-refractivity contribution in [3.8, 4) is 0 Å². The van der Waals surface area contributed by atoms with Crippen molar-refractivity contribution >= 4 is 32.6 Å². The molecule has 0 saturated heterocycles. The first-order valence-corrected chi connectivity index (χ1v) is 7.22. The molecule has 3 rings (SSSR count). The highest BCUT2D eigenvalue weighted by atomic mass is 32.1. The van der Waals surface area contributed by atoms with Crippen LogP contribution < -0.4 is 11.1 Å². The van der Waals surface area contributed by atoms with E-state index in [9.17, 15) is 4.79 Å². The largest absolute Gasteiger partial charge is 0.375 e. The summed E-state index contributed by atoms with van der Waals surface area (Å²) in [6.45, 7) is 4.07. The lowest BCUT2D eigenvalue weighted by atomic mass is 10.1. The number of hydrogen-bond donors (Lipinski definition) is 2. The Labute approximate surface area is 125 Å². The molecule has 3 N–H and O–H groups in total. The highest BCUT2D eigenvalue weighted by Gasteiger charge is 2.12. The molecule has 21 heavy (non-hydrogen) atoms. The van der Waals surface area contributed by atoms with Crippen LogP contribution in [0, 0.1) is 13.8 Å². The van der Waals surface area contributed by atoms with Crippen LogP contribution in [0.3, 0.4) is 0 Å². The lowest BCUT2D eigenvalue weighted by Gasteiger charge is -2.04. The summed E-state index contributed by atoms with van der Waals surface area (Å²) < 4.78 is 5.97. The topological polar surface area (TPSA) is 94.0 Å². The van der Waals surface area contributed by atoms with E-state index < -0.39 is 0 Å². The Morgan fingerprint density at radius 1 is 1.43 bits per heavy atom. The molecule has 0 aliphatic carbocycles. The summed E-state index contributed by atoms with van der Waals surface area (Å²) in [7, 11) is 0. The van der Waals surface area contributed by atoms with Crippen molar-refractivity contribution in [2.24, 2.45) is 0 Å². The summed E-state index contributed by atoms with van der Waals surface area (Å²) >= 11 is 1.37. The number of carbonyl (C=O) groups is 1. The molecule has 1 amide bonds. The van der Waals surface area contributed by atoms with Crippen molar-refractivity contribution < 1.29 is 9.32 Å². The van der Waals surface area contributed by atoms with Gasteiger partial charge in [-0.15, -0.1) is 0 Å². The van der Waals surface area contributed by atoms with E-state index in [-0.39, 0.29) is 5.91 Å². The van der Waals surface area contributed by atoms with Crippen LogP contribution in [0.4, 0.5) is 5.13 Å². The molecule has 1 aromatic carbocycles. The van der Waals surface area contributed by atoms with E-state index in [0.717, 1.165) is 27.2 Å². The molecular weight excluding hydrogens is 288 g/mol. The Kier molecular flexibility index (Phi) is 3.34. The van der Waals surface area contributed by atoms with E-state index in [0.29, 0.717) is 17.2 Å². The van der Waals surface area contributed by atoms with Crippen molar-refractivity contribution in [2.45, 2.75) is 20.4 Å². The molecule has 108 valence electrons. The maximum Gasteiger partial charge on any atom is 0.251 e. The molecule has 0 unspecified atom stereocenters. The fourth-order valence-electron chi connectivity index (χ4n) is 2.11. The molecular formula is C14H14N4O2S. The number of aromatic nitrogens is 2. The number of nitrogens with zero attached hydrogens (tertiary/aromatic N) is 2. The third-order valence-corrected chi connectivity index (χ3v) is 4.12. The van der Waals surface area contributed by atoms with Gasteiger partial charge in [0.15, 0.2) is 5.13 Å². The zero-order valence-electron chi connectivity index (χ0n) is 11.6. The number of fused-ring (bicyclic) bond motifs is 1. The zero-order valence-corrected chi connectivity index (χ0v) is 12.5. The van der Waals surface area contributed by atoms with E-state index in [2.05, 4.69) is 15.5 Å². The molecule has 2 heterocycles. The third-order valence-electron chi connectivity index (χ3n) is 3.27. The maximum atomic E-state index is 12.2. The van der Waals surface area contributed by atoms with Crippen molar-refractivity contribution in [3.63, 3.8) is 0 Å². The normalized spacial score (nSPS) is 11.0. The molecule has 0 radical (unpaired) electrons. The Morgan fingerprint density at radius 2 is 2.24 bits per heavy atom. The third kappa shape index (κ3) is 2.59. The lowest BCUT2D eigenvalue weighted by molar-refractivity contribution is 0.0951. The molecule has 0 atom stereocenters. The average molecular weight is 302 g/mol. The number of aryl methyl sites for hydroxylation is 2. The summed E-state index contributed by atoms with van der Waals surface area (Å²) in [6.07, 6.45) is 0. The minimum atomic E-state index is -0.149. The summed E-state index contributed by atoms with van der Waals surface area (Å²) in [5.41, 5.74) is 8.75. The van der Waals surface area contributed by atoms with Crippen molar-refractivity contribution in [1.82, 2.24) is 15.5 Å². The minimum Gasteiger partial charge on any atom is -0.375 e. The summed E-state index contributed by atoms with van der Waals surface area (Å²) in [5.74, 6) is 0.572. The molecule has 0 spiro atoms. The van der Waals surface area contributed by atoms with Gasteiger partial charge in [-0.25, -0.2) is 4.98 Å². The molecule has 3 aromatic rings. The van der Waals surface area contributed by atoms with Crippen LogP contribution in [-0.4, -0.2) is 16.0 Å². The fraction of sp³-hybridized carbons (Fsp3) is 0.214. The first-order valence-electron chi connectivity index (χ1n) is 6.40. The first-order chi connectivity index (χ1) is 10.0. The van der Waals surface area contributed by atoms with E-state index >= 15 is 0 Å². The standard InChI is InChI=1S/C14H14N4O2S/c1-7-10(8(2)20-18-7)6-16-13(19)9-3-4-11-12(5-9)21-14(15)17-11/h3-5H,6H2,1-2H3,(H2,15,17)(H,16,19). The van der Waals surface area contributed by atoms with Gasteiger partial charge in [-0.05, 0) is 32.0 Å². The van der Waals surface area contributed by atoms with Crippen LogP contribution >= 0.6 is 11.3 Å². The molecule has 6 nitrogen and oxygen atoms in total. The summed E-state index contributed by atoms with van der Waals surface area (Å²) in [4.78, 5) is 16.4. The number of rotatable bonds is 3. The van der Waals surface area contributed by atoms with Crippen LogP contribution in [0.2, 0.25) is 0 Å². The van der Waals surface area contributed by atoms with Gasteiger partial charge < -0.3 is 15.6 Å². The van der Waals surface area contributed by atoms with Crippen LogP contribution in [0.25, 0.3) is 10.2 Å². The quantitative estimate of drug-likeness (QED) is 0.775. The number of nitrogens with one attached hydrogen (secondary N) is 1. The number of amides is 1. The highest BCUT2D eigenvalue weighted by Crippen LogP contribution is 2.24. The predicted molar refractivity (Wildman–Crippen MR) is 81.2 cm³/mol. The van der Waals surface area contributed by atoms with E-state index in [1.807, 2.05) is 13.8 Å².